The van der Waals surface area contributed by atoms with Gasteiger partial charge in [0.25, 0.3) is 0 Å². The molecule has 0 saturated heterocycles. The third-order valence-corrected chi connectivity index (χ3v) is 2.98. The van der Waals surface area contributed by atoms with E-state index >= 15 is 0 Å². The van der Waals surface area contributed by atoms with E-state index in [4.69, 9.17) is 4.74 Å². The number of ether oxygens (including phenoxy) is 1. The van der Waals surface area contributed by atoms with E-state index in [1.807, 2.05) is 36.7 Å². The average molecular weight is 296 g/mol. The van der Waals surface area contributed by atoms with E-state index in [1.54, 1.807) is 6.33 Å². The van der Waals surface area contributed by atoms with Crippen LogP contribution in [-0.4, -0.2) is 14.8 Å². The van der Waals surface area contributed by atoms with Gasteiger partial charge in [-0.2, -0.15) is 5.10 Å². The minimum Gasteiger partial charge on any atom is -0.485 e. The lowest BCUT2D eigenvalue weighted by molar-refractivity contribution is 0.285. The van der Waals surface area contributed by atoms with E-state index in [1.165, 1.54) is 0 Å². The minimum absolute atomic E-state index is 0.441. The largest absolute Gasteiger partial charge is 0.485 e. The summed E-state index contributed by atoms with van der Waals surface area (Å²) < 4.78 is 8.62. The van der Waals surface area contributed by atoms with Crippen LogP contribution in [0.25, 0.3) is 0 Å². The van der Waals surface area contributed by atoms with Crippen molar-refractivity contribution in [2.24, 2.45) is 0 Å². The summed E-state index contributed by atoms with van der Waals surface area (Å²) in [5.74, 6) is 1.72. The first kappa shape index (κ1) is 12.1. The van der Waals surface area contributed by atoms with Crippen LogP contribution in [0, 0.1) is 6.92 Å². The zero-order valence-electron chi connectivity index (χ0n) is 9.85. The van der Waals surface area contributed by atoms with Gasteiger partial charge in [0.15, 0.2) is 5.82 Å². The molecular weight excluding hydrogens is 282 g/mol. The molecule has 0 aliphatic carbocycles. The third-order valence-electron chi connectivity index (χ3n) is 2.49. The lowest BCUT2D eigenvalue weighted by Crippen LogP contribution is -2.07. The van der Waals surface area contributed by atoms with Gasteiger partial charge in [0, 0.05) is 11.0 Å². The predicted octanol–water partition coefficient (Wildman–Crippen LogP) is 2.95. The van der Waals surface area contributed by atoms with Crippen LogP contribution in [0.5, 0.6) is 5.75 Å². The number of aryl methyl sites for hydroxylation is 2. The molecule has 2 rings (SSSR count). The van der Waals surface area contributed by atoms with Gasteiger partial charge in [-0.05, 0) is 37.6 Å². The van der Waals surface area contributed by atoms with E-state index in [0.717, 1.165) is 28.2 Å². The first-order valence-electron chi connectivity index (χ1n) is 5.46. The Bertz CT molecular complexity index is 510. The summed E-state index contributed by atoms with van der Waals surface area (Å²) in [4.78, 5) is 4.17. The molecule has 5 heteroatoms. The summed E-state index contributed by atoms with van der Waals surface area (Å²) in [6.07, 6.45) is 1.55. The van der Waals surface area contributed by atoms with Crippen molar-refractivity contribution in [1.29, 1.82) is 0 Å². The first-order valence-corrected chi connectivity index (χ1v) is 6.25. The van der Waals surface area contributed by atoms with Crippen molar-refractivity contribution in [3.63, 3.8) is 0 Å². The second-order valence-corrected chi connectivity index (χ2v) is 4.61. The minimum atomic E-state index is 0.441. The number of halogens is 1. The Morgan fingerprint density at radius 1 is 1.41 bits per heavy atom. The fourth-order valence-corrected chi connectivity index (χ4v) is 2.06. The molecule has 4 nitrogen and oxygen atoms in total. The maximum Gasteiger partial charge on any atom is 0.164 e. The van der Waals surface area contributed by atoms with Crippen molar-refractivity contribution in [2.75, 3.05) is 0 Å². The Kier molecular flexibility index (Phi) is 3.78. The molecule has 0 saturated carbocycles. The van der Waals surface area contributed by atoms with Crippen LogP contribution >= 0.6 is 15.9 Å². The van der Waals surface area contributed by atoms with Gasteiger partial charge < -0.3 is 4.74 Å². The Hall–Kier alpha value is -1.36. The van der Waals surface area contributed by atoms with Crippen LogP contribution in [0.1, 0.15) is 18.3 Å². The second kappa shape index (κ2) is 5.31. The normalized spacial score (nSPS) is 10.5. The highest BCUT2D eigenvalue weighted by molar-refractivity contribution is 9.10. The molecule has 1 heterocycles. The van der Waals surface area contributed by atoms with Crippen LogP contribution in [-0.2, 0) is 13.2 Å². The molecule has 0 aliphatic rings. The fraction of sp³-hybridized carbons (Fsp3) is 0.333. The monoisotopic (exact) mass is 295 g/mol. The van der Waals surface area contributed by atoms with Crippen LogP contribution in [0.3, 0.4) is 0 Å². The predicted molar refractivity (Wildman–Crippen MR) is 68.9 cm³/mol. The quantitative estimate of drug-likeness (QED) is 0.871. The lowest BCUT2D eigenvalue weighted by Gasteiger charge is -2.09. The molecule has 2 aromatic rings. The molecule has 17 heavy (non-hydrogen) atoms. The molecule has 0 N–H and O–H groups in total. The molecule has 90 valence electrons. The van der Waals surface area contributed by atoms with Gasteiger partial charge in [-0.25, -0.2) is 9.67 Å². The van der Waals surface area contributed by atoms with Crippen molar-refractivity contribution < 1.29 is 4.74 Å². The molecule has 1 aromatic carbocycles. The second-order valence-electron chi connectivity index (χ2n) is 3.69. The van der Waals surface area contributed by atoms with Crippen molar-refractivity contribution in [3.05, 3.63) is 40.4 Å². The van der Waals surface area contributed by atoms with E-state index in [-0.39, 0.29) is 0 Å². The Morgan fingerprint density at radius 3 is 2.94 bits per heavy atom. The van der Waals surface area contributed by atoms with E-state index in [0.29, 0.717) is 6.61 Å². The molecule has 0 fully saturated rings. The molecule has 0 amide bonds. The van der Waals surface area contributed by atoms with Gasteiger partial charge in [-0.1, -0.05) is 15.9 Å². The highest BCUT2D eigenvalue weighted by Crippen LogP contribution is 2.22. The molecule has 0 bridgehead atoms. The Morgan fingerprint density at radius 2 is 2.24 bits per heavy atom. The van der Waals surface area contributed by atoms with Crippen molar-refractivity contribution in [1.82, 2.24) is 14.8 Å². The van der Waals surface area contributed by atoms with E-state index in [9.17, 15) is 0 Å². The first-order chi connectivity index (χ1) is 8.20. The summed E-state index contributed by atoms with van der Waals surface area (Å²) in [6.45, 7) is 5.29. The molecule has 0 radical (unpaired) electrons. The fourth-order valence-electron chi connectivity index (χ4n) is 1.58. The van der Waals surface area contributed by atoms with Crippen molar-refractivity contribution in [2.45, 2.75) is 27.0 Å². The van der Waals surface area contributed by atoms with Crippen LogP contribution in [0.15, 0.2) is 29.0 Å². The number of nitrogens with zero attached hydrogens (tertiary/aromatic N) is 3. The van der Waals surface area contributed by atoms with Gasteiger partial charge in [0.05, 0.1) is 0 Å². The van der Waals surface area contributed by atoms with Crippen molar-refractivity contribution in [3.8, 4) is 5.75 Å². The zero-order valence-corrected chi connectivity index (χ0v) is 11.4. The summed E-state index contributed by atoms with van der Waals surface area (Å²) in [7, 11) is 0. The third kappa shape index (κ3) is 2.85. The molecule has 0 aliphatic heterocycles. The van der Waals surface area contributed by atoms with Gasteiger partial charge in [0.1, 0.15) is 18.7 Å². The molecular formula is C12H14BrN3O. The lowest BCUT2D eigenvalue weighted by atomic mass is 10.2. The van der Waals surface area contributed by atoms with Crippen LogP contribution in [0.2, 0.25) is 0 Å². The summed E-state index contributed by atoms with van der Waals surface area (Å²) in [5.41, 5.74) is 1.10. The Labute approximate surface area is 109 Å². The standard InChI is InChI=1S/C12H14BrN3O/c1-3-16-12(14-8-15-16)7-17-11-5-4-10(13)6-9(11)2/h4-6,8H,3,7H2,1-2H3. The van der Waals surface area contributed by atoms with Gasteiger partial charge >= 0.3 is 0 Å². The van der Waals surface area contributed by atoms with Crippen molar-refractivity contribution >= 4 is 15.9 Å². The maximum atomic E-state index is 5.73. The number of aromatic nitrogens is 3. The SMILES string of the molecule is CCn1ncnc1COc1ccc(Br)cc1C. The Balaban J connectivity index is 2.07. The molecule has 0 atom stereocenters. The number of hydrogen-bond donors (Lipinski definition) is 0. The number of hydrogen-bond acceptors (Lipinski definition) is 3. The topological polar surface area (TPSA) is 39.9 Å². The van der Waals surface area contributed by atoms with E-state index in [2.05, 4.69) is 26.0 Å². The van der Waals surface area contributed by atoms with Gasteiger partial charge in [-0.3, -0.25) is 0 Å². The number of benzene rings is 1. The average Bonchev–Trinajstić information content (AvgIpc) is 2.75. The van der Waals surface area contributed by atoms with Gasteiger partial charge in [-0.15, -0.1) is 0 Å². The highest BCUT2D eigenvalue weighted by atomic mass is 79.9. The van der Waals surface area contributed by atoms with Crippen LogP contribution in [0.4, 0.5) is 0 Å². The molecule has 1 aromatic heterocycles. The summed E-state index contributed by atoms with van der Waals surface area (Å²) in [5, 5.41) is 4.10. The zero-order chi connectivity index (χ0) is 12.3. The molecule has 0 spiro atoms. The maximum absolute atomic E-state index is 5.73. The van der Waals surface area contributed by atoms with Gasteiger partial charge in [0.2, 0.25) is 0 Å². The smallest absolute Gasteiger partial charge is 0.164 e. The molecule has 0 unspecified atom stereocenters. The van der Waals surface area contributed by atoms with Crippen LogP contribution < -0.4 is 4.74 Å². The summed E-state index contributed by atoms with van der Waals surface area (Å²) in [6, 6.07) is 5.94. The number of rotatable bonds is 4. The summed E-state index contributed by atoms with van der Waals surface area (Å²) >= 11 is 3.43. The van der Waals surface area contributed by atoms with E-state index < -0.39 is 0 Å². The highest BCUT2D eigenvalue weighted by Gasteiger charge is 2.05.